The van der Waals surface area contributed by atoms with Gasteiger partial charge in [0.05, 0.1) is 11.4 Å². The number of carbonyl (C=O) groups excluding carboxylic acids is 1. The van der Waals surface area contributed by atoms with Crippen LogP contribution in [-0.2, 0) is 11.3 Å². The van der Waals surface area contributed by atoms with Crippen LogP contribution in [0.2, 0.25) is 0 Å². The number of para-hydroxylation sites is 2. The van der Waals surface area contributed by atoms with E-state index < -0.39 is 0 Å². The van der Waals surface area contributed by atoms with Crippen LogP contribution in [0.4, 0.5) is 0 Å². The van der Waals surface area contributed by atoms with E-state index in [1.165, 1.54) is 11.8 Å². The number of benzene rings is 1. The fourth-order valence-electron chi connectivity index (χ4n) is 2.26. The summed E-state index contributed by atoms with van der Waals surface area (Å²) in [6.07, 6.45) is 4.96. The third-order valence-corrected chi connectivity index (χ3v) is 4.72. The van der Waals surface area contributed by atoms with Crippen LogP contribution in [0.1, 0.15) is 19.8 Å². The van der Waals surface area contributed by atoms with Gasteiger partial charge in [0, 0.05) is 19.3 Å². The summed E-state index contributed by atoms with van der Waals surface area (Å²) >= 11 is 1.36. The Morgan fingerprint density at radius 3 is 3.04 bits per heavy atom. The van der Waals surface area contributed by atoms with Gasteiger partial charge in [-0.2, -0.15) is 0 Å². The molecule has 0 bridgehead atoms. The highest BCUT2D eigenvalue weighted by Gasteiger charge is 2.20. The molecule has 24 heavy (non-hydrogen) atoms. The lowest BCUT2D eigenvalue weighted by Crippen LogP contribution is -2.33. The first-order valence-electron chi connectivity index (χ1n) is 7.90. The number of nitrogens with zero attached hydrogens (tertiary/aromatic N) is 4. The van der Waals surface area contributed by atoms with E-state index in [4.69, 9.17) is 4.42 Å². The van der Waals surface area contributed by atoms with Crippen LogP contribution in [0, 0.1) is 0 Å². The molecule has 1 amide bonds. The maximum absolute atomic E-state index is 12.3. The fourth-order valence-corrected chi connectivity index (χ4v) is 3.15. The van der Waals surface area contributed by atoms with Crippen LogP contribution in [0.3, 0.4) is 0 Å². The average molecular weight is 345 g/mol. The van der Waals surface area contributed by atoms with Crippen molar-refractivity contribution < 1.29 is 9.21 Å². The Morgan fingerprint density at radius 2 is 2.29 bits per heavy atom. The lowest BCUT2D eigenvalue weighted by atomic mass is 10.3. The normalized spacial score (nSPS) is 12.4. The molecular formula is C16H19N5O2S. The molecule has 0 saturated carbocycles. The van der Waals surface area contributed by atoms with Crippen molar-refractivity contribution in [2.24, 2.45) is 0 Å². The topological polar surface area (TPSA) is 85.8 Å². The smallest absolute Gasteiger partial charge is 0.257 e. The molecule has 0 aliphatic rings. The van der Waals surface area contributed by atoms with Crippen molar-refractivity contribution in [3.05, 3.63) is 36.7 Å². The van der Waals surface area contributed by atoms with E-state index in [2.05, 4.69) is 20.6 Å². The van der Waals surface area contributed by atoms with E-state index >= 15 is 0 Å². The number of nitrogens with one attached hydrogen (secondary N) is 1. The van der Waals surface area contributed by atoms with Gasteiger partial charge in [-0.25, -0.2) is 4.98 Å². The number of hydrogen-bond acceptors (Lipinski definition) is 6. The molecule has 8 heteroatoms. The Morgan fingerprint density at radius 1 is 1.42 bits per heavy atom. The predicted octanol–water partition coefficient (Wildman–Crippen LogP) is 2.50. The lowest BCUT2D eigenvalue weighted by Gasteiger charge is -2.12. The van der Waals surface area contributed by atoms with E-state index in [0.717, 1.165) is 24.1 Å². The highest BCUT2D eigenvalue weighted by molar-refractivity contribution is 8.00. The van der Waals surface area contributed by atoms with E-state index in [-0.39, 0.29) is 11.2 Å². The molecule has 0 fully saturated rings. The first kappa shape index (κ1) is 16.5. The van der Waals surface area contributed by atoms with Gasteiger partial charge in [-0.05, 0) is 25.0 Å². The molecule has 1 aromatic carbocycles. The zero-order valence-electron chi connectivity index (χ0n) is 13.4. The molecule has 0 radical (unpaired) electrons. The van der Waals surface area contributed by atoms with Crippen molar-refractivity contribution in [2.75, 3.05) is 6.54 Å². The van der Waals surface area contributed by atoms with Crippen LogP contribution < -0.4 is 5.32 Å². The maximum atomic E-state index is 12.3. The molecule has 0 aliphatic heterocycles. The highest BCUT2D eigenvalue weighted by atomic mass is 32.2. The van der Waals surface area contributed by atoms with Gasteiger partial charge in [0.1, 0.15) is 5.52 Å². The number of aromatic nitrogens is 4. The molecule has 3 rings (SSSR count). The minimum Gasteiger partial charge on any atom is -0.431 e. The van der Waals surface area contributed by atoms with Crippen molar-refractivity contribution in [2.45, 2.75) is 36.8 Å². The number of aryl methyl sites for hydroxylation is 1. The Labute approximate surface area is 143 Å². The summed E-state index contributed by atoms with van der Waals surface area (Å²) in [5.41, 5.74) is 1.55. The van der Waals surface area contributed by atoms with Gasteiger partial charge in [-0.15, -0.1) is 5.10 Å². The SMILES string of the molecule is CCC(Sc1nc2ccccc2o1)C(=O)NCCCn1ccnn1. The predicted molar refractivity (Wildman–Crippen MR) is 91.6 cm³/mol. The van der Waals surface area contributed by atoms with Gasteiger partial charge < -0.3 is 9.73 Å². The largest absolute Gasteiger partial charge is 0.431 e. The molecule has 1 unspecified atom stereocenters. The van der Waals surface area contributed by atoms with Crippen molar-refractivity contribution >= 4 is 28.8 Å². The van der Waals surface area contributed by atoms with E-state index in [9.17, 15) is 4.79 Å². The second-order valence-corrected chi connectivity index (χ2v) is 6.43. The molecule has 2 heterocycles. The molecule has 0 aliphatic carbocycles. The van der Waals surface area contributed by atoms with Crippen molar-refractivity contribution in [3.8, 4) is 0 Å². The Balaban J connectivity index is 1.50. The van der Waals surface area contributed by atoms with Gasteiger partial charge in [-0.3, -0.25) is 9.48 Å². The number of oxazole rings is 1. The number of thioether (sulfide) groups is 1. The summed E-state index contributed by atoms with van der Waals surface area (Å²) in [4.78, 5) is 16.7. The van der Waals surface area contributed by atoms with Crippen LogP contribution >= 0.6 is 11.8 Å². The number of amides is 1. The molecule has 1 N–H and O–H groups in total. The van der Waals surface area contributed by atoms with E-state index in [0.29, 0.717) is 18.2 Å². The van der Waals surface area contributed by atoms with E-state index in [1.54, 1.807) is 17.1 Å². The van der Waals surface area contributed by atoms with E-state index in [1.807, 2.05) is 31.2 Å². The summed E-state index contributed by atoms with van der Waals surface area (Å²) in [7, 11) is 0. The Bertz CT molecular complexity index is 754. The van der Waals surface area contributed by atoms with Crippen LogP contribution in [0.5, 0.6) is 0 Å². The summed E-state index contributed by atoms with van der Waals surface area (Å²) in [5, 5.41) is 10.9. The van der Waals surface area contributed by atoms with Crippen molar-refractivity contribution in [1.82, 2.24) is 25.3 Å². The third-order valence-electron chi connectivity index (χ3n) is 3.52. The molecule has 0 spiro atoms. The fraction of sp³-hybridized carbons (Fsp3) is 0.375. The molecule has 2 aromatic heterocycles. The number of rotatable bonds is 8. The molecule has 7 nitrogen and oxygen atoms in total. The second-order valence-electron chi connectivity index (χ2n) is 5.27. The first-order chi connectivity index (χ1) is 11.8. The quantitative estimate of drug-likeness (QED) is 0.499. The first-order valence-corrected chi connectivity index (χ1v) is 8.78. The van der Waals surface area contributed by atoms with Gasteiger partial charge in [0.2, 0.25) is 5.91 Å². The molecule has 126 valence electrons. The summed E-state index contributed by atoms with van der Waals surface area (Å²) < 4.78 is 7.42. The summed E-state index contributed by atoms with van der Waals surface area (Å²) in [6, 6.07) is 7.59. The zero-order valence-corrected chi connectivity index (χ0v) is 14.2. The van der Waals surface area contributed by atoms with Crippen LogP contribution in [0.25, 0.3) is 11.1 Å². The Kier molecular flexibility index (Phi) is 5.47. The molecule has 0 saturated heterocycles. The van der Waals surface area contributed by atoms with Crippen molar-refractivity contribution in [1.29, 1.82) is 0 Å². The summed E-state index contributed by atoms with van der Waals surface area (Å²) in [6.45, 7) is 3.31. The molecule has 3 aromatic rings. The third kappa shape index (κ3) is 4.14. The zero-order chi connectivity index (χ0) is 16.8. The maximum Gasteiger partial charge on any atom is 0.257 e. The lowest BCUT2D eigenvalue weighted by molar-refractivity contribution is -0.120. The highest BCUT2D eigenvalue weighted by Crippen LogP contribution is 2.28. The van der Waals surface area contributed by atoms with Gasteiger partial charge in [-0.1, -0.05) is 36.0 Å². The van der Waals surface area contributed by atoms with Crippen LogP contribution in [-0.4, -0.2) is 37.7 Å². The van der Waals surface area contributed by atoms with Gasteiger partial charge >= 0.3 is 0 Å². The Hall–Kier alpha value is -2.35. The standard InChI is InChI=1S/C16H19N5O2S/c1-2-14(15(22)17-8-5-10-21-11-9-18-20-21)24-16-19-12-6-3-4-7-13(12)23-16/h3-4,6-7,9,11,14H,2,5,8,10H2,1H3,(H,17,22). The van der Waals surface area contributed by atoms with Gasteiger partial charge in [0.25, 0.3) is 5.22 Å². The molecule has 1 atom stereocenters. The number of hydrogen-bond donors (Lipinski definition) is 1. The average Bonchev–Trinajstić information content (AvgIpc) is 3.25. The second kappa shape index (κ2) is 7.96. The monoisotopic (exact) mass is 345 g/mol. The minimum atomic E-state index is -0.218. The molecular weight excluding hydrogens is 326 g/mol. The van der Waals surface area contributed by atoms with Gasteiger partial charge in [0.15, 0.2) is 5.58 Å². The number of fused-ring (bicyclic) bond motifs is 1. The number of carbonyl (C=O) groups is 1. The minimum absolute atomic E-state index is 0.00310. The summed E-state index contributed by atoms with van der Waals surface area (Å²) in [5.74, 6) is 0.00310. The van der Waals surface area contributed by atoms with Crippen molar-refractivity contribution in [3.63, 3.8) is 0 Å². The van der Waals surface area contributed by atoms with Crippen LogP contribution in [0.15, 0.2) is 46.3 Å².